The summed E-state index contributed by atoms with van der Waals surface area (Å²) in [6.45, 7) is 2.01. The highest BCUT2D eigenvalue weighted by Gasteiger charge is 2.26. The average Bonchev–Trinajstić information content (AvgIpc) is 3.01. The van der Waals surface area contributed by atoms with E-state index in [0.717, 1.165) is 13.0 Å². The lowest BCUT2D eigenvalue weighted by atomic mass is 10.3. The second kappa shape index (κ2) is 8.99. The highest BCUT2D eigenvalue weighted by molar-refractivity contribution is 5.89. The Morgan fingerprint density at radius 2 is 2.12 bits per heavy atom. The third kappa shape index (κ3) is 6.04. The summed E-state index contributed by atoms with van der Waals surface area (Å²) < 4.78 is 12.8. The first-order valence-electron chi connectivity index (χ1n) is 8.14. The number of rotatable bonds is 6. The molecule has 0 aliphatic carbocycles. The molecule has 1 heterocycles. The van der Waals surface area contributed by atoms with Crippen LogP contribution in [0.1, 0.15) is 12.8 Å². The Morgan fingerprint density at radius 1 is 1.40 bits per heavy atom. The van der Waals surface area contributed by atoms with Crippen molar-refractivity contribution in [2.24, 2.45) is 0 Å². The number of likely N-dealkylation sites (N-methyl/N-ethyl adjacent to an activating group) is 1. The van der Waals surface area contributed by atoms with E-state index in [9.17, 15) is 14.0 Å². The molecule has 0 spiro atoms. The van der Waals surface area contributed by atoms with E-state index in [2.05, 4.69) is 10.6 Å². The first-order valence-corrected chi connectivity index (χ1v) is 8.14. The van der Waals surface area contributed by atoms with E-state index in [1.54, 1.807) is 11.9 Å². The number of nitrogens with one attached hydrogen (secondary N) is 2. The minimum atomic E-state index is -0.359. The molecule has 3 amide bonds. The maximum atomic E-state index is 12.8. The van der Waals surface area contributed by atoms with Gasteiger partial charge in [0.1, 0.15) is 5.82 Å². The molecule has 1 aliphatic heterocycles. The van der Waals surface area contributed by atoms with Crippen LogP contribution in [0.2, 0.25) is 0 Å². The van der Waals surface area contributed by atoms with Gasteiger partial charge in [-0.1, -0.05) is 0 Å². The van der Waals surface area contributed by atoms with Gasteiger partial charge in [0.25, 0.3) is 0 Å². The summed E-state index contributed by atoms with van der Waals surface area (Å²) in [5, 5.41) is 14.1. The summed E-state index contributed by atoms with van der Waals surface area (Å²) in [6, 6.07) is 7.16. The van der Waals surface area contributed by atoms with Crippen molar-refractivity contribution in [3.8, 4) is 6.07 Å². The predicted octanol–water partition coefficient (Wildman–Crippen LogP) is 1.39. The largest absolute Gasteiger partial charge is 0.344 e. The number of halogens is 1. The molecule has 2 rings (SSSR count). The lowest BCUT2D eigenvalue weighted by Crippen LogP contribution is -2.42. The van der Waals surface area contributed by atoms with Gasteiger partial charge in [-0.2, -0.15) is 5.26 Å². The first-order chi connectivity index (χ1) is 12.0. The predicted molar refractivity (Wildman–Crippen MR) is 91.3 cm³/mol. The van der Waals surface area contributed by atoms with Crippen molar-refractivity contribution in [2.45, 2.75) is 18.9 Å². The molecule has 1 aliphatic rings. The van der Waals surface area contributed by atoms with Crippen molar-refractivity contribution < 1.29 is 14.0 Å². The number of benzene rings is 1. The molecule has 0 aromatic heterocycles. The van der Waals surface area contributed by atoms with Crippen molar-refractivity contribution >= 4 is 17.6 Å². The highest BCUT2D eigenvalue weighted by Crippen LogP contribution is 2.11. The van der Waals surface area contributed by atoms with Crippen LogP contribution in [0.4, 0.5) is 14.9 Å². The lowest BCUT2D eigenvalue weighted by Gasteiger charge is -2.21. The number of nitrogens with zero attached hydrogens (tertiary/aromatic N) is 3. The zero-order valence-electron chi connectivity index (χ0n) is 14.2. The highest BCUT2D eigenvalue weighted by atomic mass is 19.1. The molecule has 1 aromatic carbocycles. The third-order valence-corrected chi connectivity index (χ3v) is 4.05. The lowest BCUT2D eigenvalue weighted by molar-refractivity contribution is -0.130. The summed E-state index contributed by atoms with van der Waals surface area (Å²) in [7, 11) is 1.68. The molecular formula is C17H22FN5O2. The molecule has 7 nitrogen and oxygen atoms in total. The first kappa shape index (κ1) is 18.7. The Balaban J connectivity index is 1.73. The fourth-order valence-electron chi connectivity index (χ4n) is 2.63. The van der Waals surface area contributed by atoms with Crippen molar-refractivity contribution in [1.82, 2.24) is 15.1 Å². The fourth-order valence-corrected chi connectivity index (χ4v) is 2.63. The summed E-state index contributed by atoms with van der Waals surface area (Å²) >= 11 is 0. The number of hydrogen-bond acceptors (Lipinski definition) is 4. The molecule has 25 heavy (non-hydrogen) atoms. The number of anilines is 1. The molecule has 2 N–H and O–H groups in total. The van der Waals surface area contributed by atoms with Crippen LogP contribution in [0.3, 0.4) is 0 Å². The molecule has 1 atom stereocenters. The molecule has 1 aromatic rings. The minimum Gasteiger partial charge on any atom is -0.344 e. The summed E-state index contributed by atoms with van der Waals surface area (Å²) in [6.07, 6.45) is 1.07. The van der Waals surface area contributed by atoms with E-state index in [0.29, 0.717) is 25.2 Å². The van der Waals surface area contributed by atoms with Crippen molar-refractivity contribution in [1.29, 1.82) is 5.26 Å². The molecule has 1 fully saturated rings. The summed E-state index contributed by atoms with van der Waals surface area (Å²) in [5.74, 6) is -0.395. The van der Waals surface area contributed by atoms with Gasteiger partial charge < -0.3 is 15.5 Å². The fraction of sp³-hybridized carbons (Fsp3) is 0.471. The normalized spacial score (nSPS) is 16.9. The second-order valence-electron chi connectivity index (χ2n) is 6.05. The van der Waals surface area contributed by atoms with E-state index in [4.69, 9.17) is 5.26 Å². The Bertz CT molecular complexity index is 643. The van der Waals surface area contributed by atoms with Crippen LogP contribution in [0.15, 0.2) is 24.3 Å². The van der Waals surface area contributed by atoms with Gasteiger partial charge in [-0.05, 0) is 30.7 Å². The molecule has 0 bridgehead atoms. The zero-order chi connectivity index (χ0) is 18.2. The molecule has 1 unspecified atom stereocenters. The number of urea groups is 1. The molecule has 0 radical (unpaired) electrons. The topological polar surface area (TPSA) is 88.5 Å². The smallest absolute Gasteiger partial charge is 0.319 e. The standard InChI is InChI=1S/C17H22FN5O2/c1-22(9-2-8-19)16(24)12-23-10-7-15(11-23)21-17(25)20-14-5-3-13(18)4-6-14/h3-6,15H,2,7,9-12H2,1H3,(H2,20,21,25). The van der Waals surface area contributed by atoms with Gasteiger partial charge in [-0.25, -0.2) is 9.18 Å². The zero-order valence-corrected chi connectivity index (χ0v) is 14.2. The number of carbonyl (C=O) groups is 2. The van der Waals surface area contributed by atoms with E-state index >= 15 is 0 Å². The van der Waals surface area contributed by atoms with Crippen LogP contribution >= 0.6 is 0 Å². The number of carbonyl (C=O) groups excluding carboxylic acids is 2. The molecule has 0 saturated carbocycles. The van der Waals surface area contributed by atoms with E-state index in [-0.39, 0.29) is 30.3 Å². The van der Waals surface area contributed by atoms with Gasteiger partial charge in [0, 0.05) is 38.4 Å². The number of hydrogen-bond donors (Lipinski definition) is 2. The number of amides is 3. The van der Waals surface area contributed by atoms with Gasteiger partial charge in [-0.15, -0.1) is 0 Å². The van der Waals surface area contributed by atoms with Gasteiger partial charge >= 0.3 is 6.03 Å². The number of likely N-dealkylation sites (tertiary alicyclic amines) is 1. The van der Waals surface area contributed by atoms with Gasteiger partial charge in [-0.3, -0.25) is 9.69 Å². The van der Waals surface area contributed by atoms with Crippen molar-refractivity contribution in [2.75, 3.05) is 38.5 Å². The van der Waals surface area contributed by atoms with Crippen LogP contribution in [0.5, 0.6) is 0 Å². The maximum Gasteiger partial charge on any atom is 0.319 e. The van der Waals surface area contributed by atoms with E-state index in [1.165, 1.54) is 24.3 Å². The van der Waals surface area contributed by atoms with Crippen LogP contribution < -0.4 is 10.6 Å². The van der Waals surface area contributed by atoms with E-state index in [1.807, 2.05) is 11.0 Å². The van der Waals surface area contributed by atoms with Crippen LogP contribution in [-0.2, 0) is 4.79 Å². The van der Waals surface area contributed by atoms with E-state index < -0.39 is 0 Å². The van der Waals surface area contributed by atoms with Crippen LogP contribution in [-0.4, -0.2) is 61.0 Å². The second-order valence-corrected chi connectivity index (χ2v) is 6.05. The third-order valence-electron chi connectivity index (χ3n) is 4.05. The monoisotopic (exact) mass is 347 g/mol. The summed E-state index contributed by atoms with van der Waals surface area (Å²) in [5.41, 5.74) is 0.517. The van der Waals surface area contributed by atoms with Gasteiger partial charge in [0.15, 0.2) is 0 Å². The SMILES string of the molecule is CN(CCC#N)C(=O)CN1CCC(NC(=O)Nc2ccc(F)cc2)C1. The summed E-state index contributed by atoms with van der Waals surface area (Å²) in [4.78, 5) is 27.5. The van der Waals surface area contributed by atoms with Gasteiger partial charge in [0.05, 0.1) is 19.0 Å². The van der Waals surface area contributed by atoms with Crippen molar-refractivity contribution in [3.63, 3.8) is 0 Å². The molecular weight excluding hydrogens is 325 g/mol. The number of nitriles is 1. The Hall–Kier alpha value is -2.66. The van der Waals surface area contributed by atoms with Crippen molar-refractivity contribution in [3.05, 3.63) is 30.1 Å². The Labute approximate surface area is 146 Å². The Morgan fingerprint density at radius 3 is 2.80 bits per heavy atom. The van der Waals surface area contributed by atoms with Crippen LogP contribution in [0.25, 0.3) is 0 Å². The molecule has 134 valence electrons. The minimum absolute atomic E-state index is 0.0355. The van der Waals surface area contributed by atoms with Gasteiger partial charge in [0.2, 0.25) is 5.91 Å². The molecule has 1 saturated heterocycles. The Kier molecular flexibility index (Phi) is 6.71. The average molecular weight is 347 g/mol. The maximum absolute atomic E-state index is 12.8. The quantitative estimate of drug-likeness (QED) is 0.814. The van der Waals surface area contributed by atoms with Crippen LogP contribution in [0, 0.1) is 17.1 Å². The molecule has 8 heteroatoms.